The van der Waals surface area contributed by atoms with E-state index in [1.807, 2.05) is 46.8 Å². The van der Waals surface area contributed by atoms with Gasteiger partial charge in [-0.15, -0.1) is 11.3 Å². The summed E-state index contributed by atoms with van der Waals surface area (Å²) in [7, 11) is -3.30. The van der Waals surface area contributed by atoms with Gasteiger partial charge in [-0.05, 0) is 63.0 Å². The van der Waals surface area contributed by atoms with Crippen molar-refractivity contribution in [2.24, 2.45) is 0 Å². The summed E-state index contributed by atoms with van der Waals surface area (Å²) in [6.07, 6.45) is 4.80. The van der Waals surface area contributed by atoms with Gasteiger partial charge in [0.2, 0.25) is 10.0 Å². The Labute approximate surface area is 245 Å². The minimum Gasteiger partial charge on any atom is -0.353 e. The summed E-state index contributed by atoms with van der Waals surface area (Å²) < 4.78 is 28.5. The Kier molecular flexibility index (Phi) is 8.83. The molecule has 4 aromatic rings. The second-order valence-electron chi connectivity index (χ2n) is 10.4. The van der Waals surface area contributed by atoms with Gasteiger partial charge in [0.25, 0.3) is 0 Å². The summed E-state index contributed by atoms with van der Waals surface area (Å²) in [5, 5.41) is 6.51. The summed E-state index contributed by atoms with van der Waals surface area (Å²) in [5.74, 6) is 0.737. The molecular weight excluding hydrogens is 558 g/mol. The molecule has 0 radical (unpaired) electrons. The third kappa shape index (κ3) is 6.50. The second-order valence-corrected chi connectivity index (χ2v) is 13.4. The van der Waals surface area contributed by atoms with Gasteiger partial charge >= 0.3 is 0 Å². The third-order valence-corrected chi connectivity index (χ3v) is 10.1. The van der Waals surface area contributed by atoms with Crippen LogP contribution in [0.15, 0.2) is 48.1 Å². The van der Waals surface area contributed by atoms with Gasteiger partial charge in [0.05, 0.1) is 39.8 Å². The number of Topliss-reactive ketones (excluding diaryl/α,β-unsaturated/α-hetero) is 1. The minimum atomic E-state index is -3.30. The van der Waals surface area contributed by atoms with Gasteiger partial charge in [-0.25, -0.2) is 27.6 Å². The largest absolute Gasteiger partial charge is 0.353 e. The number of nitrogens with one attached hydrogen (secondary N) is 1. The van der Waals surface area contributed by atoms with Crippen molar-refractivity contribution in [2.45, 2.75) is 52.6 Å². The average molecular weight is 596 g/mol. The molecule has 1 aliphatic rings. The molecule has 0 spiro atoms. The lowest BCUT2D eigenvalue weighted by atomic mass is 10.0. The first-order chi connectivity index (χ1) is 19.7. The van der Waals surface area contributed by atoms with Crippen LogP contribution in [-0.4, -0.2) is 82.7 Å². The van der Waals surface area contributed by atoms with Gasteiger partial charge in [0.1, 0.15) is 5.82 Å². The van der Waals surface area contributed by atoms with Gasteiger partial charge < -0.3 is 9.80 Å². The Balaban J connectivity index is 1.47. The quantitative estimate of drug-likeness (QED) is 0.227. The molecule has 0 saturated carbocycles. The van der Waals surface area contributed by atoms with Gasteiger partial charge in [0, 0.05) is 37.3 Å². The van der Waals surface area contributed by atoms with Crippen molar-refractivity contribution >= 4 is 38.6 Å². The van der Waals surface area contributed by atoms with E-state index >= 15 is 0 Å². The molecule has 10 nitrogen and oxygen atoms in total. The number of aromatic nitrogens is 4. The number of hydrogen-bond acceptors (Lipinski definition) is 9. The third-order valence-electron chi connectivity index (χ3n) is 7.71. The van der Waals surface area contributed by atoms with Crippen LogP contribution in [0, 0.1) is 0 Å². The van der Waals surface area contributed by atoms with Crippen LogP contribution >= 0.6 is 11.3 Å². The molecule has 5 rings (SSSR count). The Morgan fingerprint density at radius 2 is 1.93 bits per heavy atom. The van der Waals surface area contributed by atoms with Crippen LogP contribution < -0.4 is 9.62 Å². The van der Waals surface area contributed by atoms with E-state index in [4.69, 9.17) is 9.97 Å². The molecule has 5 heterocycles. The van der Waals surface area contributed by atoms with Crippen LogP contribution in [0.2, 0.25) is 0 Å². The van der Waals surface area contributed by atoms with Crippen LogP contribution in [0.4, 0.5) is 5.82 Å². The number of pyridine rings is 1. The van der Waals surface area contributed by atoms with E-state index in [1.54, 1.807) is 29.0 Å². The normalized spacial score (nSPS) is 15.0. The SMILES string of the molecule is CCN(CC)[C@@H](C)CCC(=O)c1cc(-c2cnn3ccc(-c4cccs4)nc23)nc(N2CC(NS(=O)(=O)CC)C2)c1. The molecule has 0 bridgehead atoms. The number of sulfonamides is 1. The monoisotopic (exact) mass is 595 g/mol. The Morgan fingerprint density at radius 3 is 2.61 bits per heavy atom. The Bertz CT molecular complexity index is 1610. The number of nitrogens with zero attached hydrogens (tertiary/aromatic N) is 6. The molecule has 1 saturated heterocycles. The summed E-state index contributed by atoms with van der Waals surface area (Å²) in [5.41, 5.74) is 3.45. The van der Waals surface area contributed by atoms with Gasteiger partial charge in [0.15, 0.2) is 11.4 Å². The summed E-state index contributed by atoms with van der Waals surface area (Å²) >= 11 is 1.62. The smallest absolute Gasteiger partial charge is 0.211 e. The van der Waals surface area contributed by atoms with Crippen LogP contribution in [0.25, 0.3) is 27.5 Å². The number of rotatable bonds is 13. The fourth-order valence-corrected chi connectivity index (χ4v) is 6.70. The number of ketones is 1. The van der Waals surface area contributed by atoms with E-state index in [0.29, 0.717) is 48.3 Å². The molecule has 0 aliphatic carbocycles. The predicted molar refractivity (Wildman–Crippen MR) is 164 cm³/mol. The number of carbonyl (C=O) groups excluding carboxylic acids is 1. The molecule has 1 N–H and O–H groups in total. The van der Waals surface area contributed by atoms with Crippen molar-refractivity contribution in [3.8, 4) is 21.8 Å². The molecule has 218 valence electrons. The van der Waals surface area contributed by atoms with Crippen molar-refractivity contribution in [2.75, 3.05) is 36.8 Å². The van der Waals surface area contributed by atoms with Gasteiger partial charge in [-0.1, -0.05) is 19.9 Å². The van der Waals surface area contributed by atoms with E-state index in [1.165, 1.54) is 0 Å². The van der Waals surface area contributed by atoms with Gasteiger partial charge in [-0.3, -0.25) is 4.79 Å². The van der Waals surface area contributed by atoms with E-state index in [-0.39, 0.29) is 17.6 Å². The highest BCUT2D eigenvalue weighted by Crippen LogP contribution is 2.30. The molecule has 1 fully saturated rings. The fourth-order valence-electron chi connectivity index (χ4n) is 5.18. The van der Waals surface area contributed by atoms with Gasteiger partial charge in [-0.2, -0.15) is 5.10 Å². The molecular formula is C29H37N7O3S2. The lowest BCUT2D eigenvalue weighted by Gasteiger charge is -2.40. The lowest BCUT2D eigenvalue weighted by molar-refractivity contribution is 0.0964. The molecule has 0 unspecified atom stereocenters. The summed E-state index contributed by atoms with van der Waals surface area (Å²) in [6, 6.07) is 9.73. The maximum atomic E-state index is 13.5. The highest BCUT2D eigenvalue weighted by molar-refractivity contribution is 7.89. The van der Waals surface area contributed by atoms with Crippen molar-refractivity contribution in [3.63, 3.8) is 0 Å². The maximum Gasteiger partial charge on any atom is 0.211 e. The maximum absolute atomic E-state index is 13.5. The van der Waals surface area contributed by atoms with E-state index in [0.717, 1.165) is 35.6 Å². The van der Waals surface area contributed by atoms with Crippen LogP contribution in [0.5, 0.6) is 0 Å². The fraction of sp³-hybridized carbons (Fsp3) is 0.448. The zero-order chi connectivity index (χ0) is 29.1. The standard InChI is InChI=1S/C29H37N7O3S2/c1-5-34(6-2)20(4)10-11-26(37)21-15-25(31-28(16-21)35-18-22(19-35)33-41(38,39)7-3)23-17-30-36-13-12-24(32-29(23)36)27-9-8-14-40-27/h8-9,12-17,20,22,33H,5-7,10-11,18-19H2,1-4H3/t20-/m0/s1. The molecule has 1 atom stereocenters. The molecule has 1 aliphatic heterocycles. The summed E-state index contributed by atoms with van der Waals surface area (Å²) in [6.45, 7) is 10.9. The zero-order valence-electron chi connectivity index (χ0n) is 23.9. The zero-order valence-corrected chi connectivity index (χ0v) is 25.6. The predicted octanol–water partition coefficient (Wildman–Crippen LogP) is 4.34. The lowest BCUT2D eigenvalue weighted by Crippen LogP contribution is -2.59. The van der Waals surface area contributed by atoms with Crippen molar-refractivity contribution in [1.29, 1.82) is 0 Å². The average Bonchev–Trinajstić information content (AvgIpc) is 3.64. The topological polar surface area (TPSA) is 113 Å². The second kappa shape index (κ2) is 12.4. The highest BCUT2D eigenvalue weighted by Gasteiger charge is 2.31. The van der Waals surface area contributed by atoms with Crippen molar-refractivity contribution < 1.29 is 13.2 Å². The number of thiophene rings is 1. The highest BCUT2D eigenvalue weighted by atomic mass is 32.2. The molecule has 41 heavy (non-hydrogen) atoms. The van der Waals surface area contributed by atoms with Crippen molar-refractivity contribution in [3.05, 3.63) is 53.7 Å². The van der Waals surface area contributed by atoms with Crippen LogP contribution in [0.3, 0.4) is 0 Å². The van der Waals surface area contributed by atoms with E-state index < -0.39 is 10.0 Å². The van der Waals surface area contributed by atoms with E-state index in [9.17, 15) is 13.2 Å². The van der Waals surface area contributed by atoms with Crippen LogP contribution in [0.1, 0.15) is 50.9 Å². The first-order valence-corrected chi connectivity index (χ1v) is 16.7. The number of anilines is 1. The molecule has 12 heteroatoms. The molecule has 0 amide bonds. The van der Waals surface area contributed by atoms with Crippen LogP contribution in [-0.2, 0) is 10.0 Å². The molecule has 4 aromatic heterocycles. The number of carbonyl (C=O) groups is 1. The Morgan fingerprint density at radius 1 is 1.15 bits per heavy atom. The van der Waals surface area contributed by atoms with E-state index in [2.05, 4.69) is 35.5 Å². The number of fused-ring (bicyclic) bond motifs is 1. The molecule has 0 aromatic carbocycles. The van der Waals surface area contributed by atoms with Crippen molar-refractivity contribution in [1.82, 2.24) is 29.2 Å². The Hall–Kier alpha value is -3.19. The first-order valence-electron chi connectivity index (χ1n) is 14.1. The first kappa shape index (κ1) is 29.3. The summed E-state index contributed by atoms with van der Waals surface area (Å²) in [4.78, 5) is 28.7. The number of hydrogen-bond donors (Lipinski definition) is 1. The minimum absolute atomic E-state index is 0.0387.